The van der Waals surface area contributed by atoms with Crippen LogP contribution in [-0.2, 0) is 17.6 Å². The average molecular weight is 363 g/mol. The molecule has 4 rings (SSSR count). The third-order valence-corrected chi connectivity index (χ3v) is 5.42. The molecule has 6 heteroatoms. The third-order valence-electron chi connectivity index (χ3n) is 5.42. The lowest BCUT2D eigenvalue weighted by atomic mass is 9.93. The van der Waals surface area contributed by atoms with E-state index in [0.29, 0.717) is 0 Å². The predicted molar refractivity (Wildman–Crippen MR) is 104 cm³/mol. The van der Waals surface area contributed by atoms with Crippen LogP contribution in [0.2, 0.25) is 0 Å². The minimum absolute atomic E-state index is 0.00570. The largest absolute Gasteiger partial charge is 0.356 e. The number of para-hydroxylation sites is 1. The van der Waals surface area contributed by atoms with Gasteiger partial charge in [-0.2, -0.15) is 0 Å². The van der Waals surface area contributed by atoms with Crippen molar-refractivity contribution in [3.63, 3.8) is 0 Å². The Morgan fingerprint density at radius 3 is 2.67 bits per heavy atom. The smallest absolute Gasteiger partial charge is 0.269 e. The normalized spacial score (nSPS) is 16.3. The highest BCUT2D eigenvalue weighted by Gasteiger charge is 2.31. The van der Waals surface area contributed by atoms with Gasteiger partial charge in [0.05, 0.1) is 11.0 Å². The maximum absolute atomic E-state index is 12.2. The molecule has 1 aliphatic rings. The summed E-state index contributed by atoms with van der Waals surface area (Å²) < 4.78 is 0. The zero-order valence-corrected chi connectivity index (χ0v) is 15.1. The summed E-state index contributed by atoms with van der Waals surface area (Å²) in [6.07, 6.45) is 2.38. The Hall–Kier alpha value is -3.15. The van der Waals surface area contributed by atoms with Gasteiger partial charge in [0.2, 0.25) is 5.91 Å². The first kappa shape index (κ1) is 17.3. The first-order valence-electron chi connectivity index (χ1n) is 9.14. The second-order valence-corrected chi connectivity index (χ2v) is 7.00. The molecule has 27 heavy (non-hydrogen) atoms. The Kier molecular flexibility index (Phi) is 4.39. The fraction of sp³-hybridized carbons (Fsp3) is 0.286. The van der Waals surface area contributed by atoms with Crippen molar-refractivity contribution < 1.29 is 9.72 Å². The van der Waals surface area contributed by atoms with Gasteiger partial charge in [0.25, 0.3) is 5.69 Å². The lowest BCUT2D eigenvalue weighted by Crippen LogP contribution is -2.39. The number of benzene rings is 2. The van der Waals surface area contributed by atoms with Crippen LogP contribution in [0.1, 0.15) is 36.2 Å². The molecular weight excluding hydrogens is 342 g/mol. The Morgan fingerprint density at radius 2 is 1.96 bits per heavy atom. The quantitative estimate of drug-likeness (QED) is 0.558. The van der Waals surface area contributed by atoms with E-state index < -0.39 is 0 Å². The van der Waals surface area contributed by atoms with Gasteiger partial charge in [-0.1, -0.05) is 30.3 Å². The molecule has 138 valence electrons. The number of nitro benzene ring substituents is 1. The number of amides is 1. The number of carbonyl (C=O) groups is 1. The minimum Gasteiger partial charge on any atom is -0.356 e. The van der Waals surface area contributed by atoms with Gasteiger partial charge in [0.15, 0.2) is 0 Å². The molecule has 1 aliphatic heterocycles. The number of fused-ring (bicyclic) bond motifs is 3. The zero-order chi connectivity index (χ0) is 19.0. The van der Waals surface area contributed by atoms with Crippen LogP contribution in [0.4, 0.5) is 5.69 Å². The van der Waals surface area contributed by atoms with E-state index in [9.17, 15) is 14.9 Å². The lowest BCUT2D eigenvalue weighted by Gasteiger charge is -2.35. The van der Waals surface area contributed by atoms with Gasteiger partial charge in [-0.05, 0) is 36.5 Å². The molecular formula is C21H21N3O3. The molecule has 0 saturated carbocycles. The molecule has 3 aromatic rings. The number of rotatable bonds is 4. The number of H-pyrrole nitrogens is 1. The van der Waals surface area contributed by atoms with Gasteiger partial charge in [-0.25, -0.2) is 0 Å². The molecule has 0 aliphatic carbocycles. The Bertz CT molecular complexity index is 1010. The van der Waals surface area contributed by atoms with E-state index in [2.05, 4.69) is 17.1 Å². The number of nitrogens with one attached hydrogen (secondary N) is 1. The van der Waals surface area contributed by atoms with Crippen molar-refractivity contribution in [1.29, 1.82) is 0 Å². The number of carbonyl (C=O) groups excluding carboxylic acids is 1. The van der Waals surface area contributed by atoms with Gasteiger partial charge in [0.1, 0.15) is 0 Å². The van der Waals surface area contributed by atoms with E-state index in [-0.39, 0.29) is 22.6 Å². The zero-order valence-electron chi connectivity index (χ0n) is 15.1. The Labute approximate surface area is 157 Å². The van der Waals surface area contributed by atoms with Gasteiger partial charge < -0.3 is 9.88 Å². The first-order chi connectivity index (χ1) is 13.0. The molecule has 0 radical (unpaired) electrons. The minimum atomic E-state index is -0.390. The Balaban J connectivity index is 1.62. The summed E-state index contributed by atoms with van der Waals surface area (Å²) in [5.74, 6) is 0.0769. The van der Waals surface area contributed by atoms with Gasteiger partial charge in [-0.3, -0.25) is 14.9 Å². The van der Waals surface area contributed by atoms with E-state index in [1.165, 1.54) is 23.1 Å². The molecule has 0 bridgehead atoms. The molecule has 0 spiro atoms. The van der Waals surface area contributed by atoms with E-state index in [1.807, 2.05) is 17.0 Å². The molecule has 1 atom stereocenters. The van der Waals surface area contributed by atoms with Crippen LogP contribution in [0.5, 0.6) is 0 Å². The number of hydrogen-bond acceptors (Lipinski definition) is 3. The van der Waals surface area contributed by atoms with E-state index >= 15 is 0 Å². The summed E-state index contributed by atoms with van der Waals surface area (Å²) in [5, 5.41) is 12.0. The van der Waals surface area contributed by atoms with E-state index in [4.69, 9.17) is 0 Å². The van der Waals surface area contributed by atoms with Crippen molar-refractivity contribution in [1.82, 2.24) is 9.88 Å². The van der Waals surface area contributed by atoms with Gasteiger partial charge in [-0.15, -0.1) is 0 Å². The summed E-state index contributed by atoms with van der Waals surface area (Å²) in [7, 11) is 0. The number of aromatic amines is 1. The predicted octanol–water partition coefficient (Wildman–Crippen LogP) is 4.15. The maximum atomic E-state index is 12.2. The molecule has 2 aromatic carbocycles. The van der Waals surface area contributed by atoms with Crippen LogP contribution in [0, 0.1) is 10.1 Å². The first-order valence-corrected chi connectivity index (χ1v) is 9.14. The van der Waals surface area contributed by atoms with Crippen molar-refractivity contribution in [2.75, 3.05) is 6.54 Å². The molecule has 6 nitrogen and oxygen atoms in total. The maximum Gasteiger partial charge on any atom is 0.269 e. The lowest BCUT2D eigenvalue weighted by molar-refractivity contribution is -0.384. The molecule has 1 N–H and O–H groups in total. The number of nitrogens with zero attached hydrogens (tertiary/aromatic N) is 2. The van der Waals surface area contributed by atoms with Crippen LogP contribution in [0.3, 0.4) is 0 Å². The van der Waals surface area contributed by atoms with Crippen molar-refractivity contribution in [2.24, 2.45) is 0 Å². The highest BCUT2D eigenvalue weighted by Crippen LogP contribution is 2.37. The van der Waals surface area contributed by atoms with Crippen LogP contribution in [0.25, 0.3) is 10.9 Å². The summed E-state index contributed by atoms with van der Waals surface area (Å²) >= 11 is 0. The standard InChI is InChI=1S/C21H21N3O3/c1-14(25)23-13-12-18-17-4-2-3-5-19(17)22-21(18)20(23)11-8-15-6-9-16(10-7-15)24(26)27/h2-7,9-10,20,22H,8,11-13H2,1H3. The molecule has 2 heterocycles. The van der Waals surface area contributed by atoms with E-state index in [1.54, 1.807) is 19.1 Å². The Morgan fingerprint density at radius 1 is 1.22 bits per heavy atom. The highest BCUT2D eigenvalue weighted by molar-refractivity contribution is 5.86. The number of hydrogen-bond donors (Lipinski definition) is 1. The fourth-order valence-corrected chi connectivity index (χ4v) is 4.08. The van der Waals surface area contributed by atoms with Crippen LogP contribution in [-0.4, -0.2) is 27.3 Å². The van der Waals surface area contributed by atoms with Crippen LogP contribution < -0.4 is 0 Å². The third kappa shape index (κ3) is 3.18. The van der Waals surface area contributed by atoms with Crippen molar-refractivity contribution in [3.05, 3.63) is 75.5 Å². The SMILES string of the molecule is CC(=O)N1CCc2c([nH]c3ccccc23)C1CCc1ccc([N+](=O)[O-])cc1. The number of aromatic nitrogens is 1. The number of aryl methyl sites for hydroxylation is 1. The molecule has 1 aromatic heterocycles. The fourth-order valence-electron chi connectivity index (χ4n) is 4.08. The monoisotopic (exact) mass is 363 g/mol. The topological polar surface area (TPSA) is 79.2 Å². The highest BCUT2D eigenvalue weighted by atomic mass is 16.6. The van der Waals surface area contributed by atoms with Crippen LogP contribution >= 0.6 is 0 Å². The second-order valence-electron chi connectivity index (χ2n) is 7.00. The van der Waals surface area contributed by atoms with Gasteiger partial charge >= 0.3 is 0 Å². The van der Waals surface area contributed by atoms with Crippen molar-refractivity contribution in [3.8, 4) is 0 Å². The van der Waals surface area contributed by atoms with Crippen LogP contribution in [0.15, 0.2) is 48.5 Å². The molecule has 1 amide bonds. The molecule has 1 unspecified atom stereocenters. The second kappa shape index (κ2) is 6.87. The average Bonchev–Trinajstić information content (AvgIpc) is 3.05. The summed E-state index contributed by atoms with van der Waals surface area (Å²) in [6, 6.07) is 14.9. The number of non-ortho nitro benzene ring substituents is 1. The van der Waals surface area contributed by atoms with E-state index in [0.717, 1.165) is 42.6 Å². The molecule has 0 fully saturated rings. The van der Waals surface area contributed by atoms with Crippen molar-refractivity contribution in [2.45, 2.75) is 32.2 Å². The summed E-state index contributed by atoms with van der Waals surface area (Å²) in [6.45, 7) is 2.33. The summed E-state index contributed by atoms with van der Waals surface area (Å²) in [4.78, 5) is 28.1. The summed E-state index contributed by atoms with van der Waals surface area (Å²) in [5.41, 5.74) is 4.66. The number of nitro groups is 1. The van der Waals surface area contributed by atoms with Gasteiger partial charge in [0, 0.05) is 42.2 Å². The van der Waals surface area contributed by atoms with Crippen molar-refractivity contribution >= 4 is 22.5 Å². The molecule has 0 saturated heterocycles.